The van der Waals surface area contributed by atoms with Crippen LogP contribution in [0.1, 0.15) is 71.1 Å². The van der Waals surface area contributed by atoms with E-state index < -0.39 is 5.97 Å². The van der Waals surface area contributed by atoms with E-state index in [2.05, 4.69) is 6.92 Å². The summed E-state index contributed by atoms with van der Waals surface area (Å²) < 4.78 is 10.4. The Bertz CT molecular complexity index is 650. The van der Waals surface area contributed by atoms with Gasteiger partial charge in [-0.2, -0.15) is 0 Å². The van der Waals surface area contributed by atoms with E-state index in [1.165, 1.54) is 31.7 Å². The van der Waals surface area contributed by atoms with Crippen LogP contribution in [0.2, 0.25) is 20.1 Å². The second-order valence-electron chi connectivity index (χ2n) is 6.47. The topological polar surface area (TPSA) is 52.6 Å². The molecule has 1 aromatic rings. The quantitative estimate of drug-likeness (QED) is 0.0972. The van der Waals surface area contributed by atoms with Crippen molar-refractivity contribution in [1.29, 1.82) is 0 Å². The number of rotatable bonds is 13. The number of carbonyl (C=O) groups excluding carboxylic acids is 2. The average Bonchev–Trinajstić information content (AvgIpc) is 2.66. The standard InChI is InChI=1S/C20H26Cl4O4/c1-2-3-4-5-6-9-12-27-16(25)10-7-8-11-17(26)28-20-15(22)13-14(21)18(23)19(20)24/h13H,2-12H2,1H3. The summed E-state index contributed by atoms with van der Waals surface area (Å²) in [7, 11) is 0. The Morgan fingerprint density at radius 2 is 1.39 bits per heavy atom. The minimum atomic E-state index is -0.511. The maximum atomic E-state index is 11.9. The zero-order valence-corrected chi connectivity index (χ0v) is 19.0. The Morgan fingerprint density at radius 3 is 2.07 bits per heavy atom. The molecule has 0 saturated heterocycles. The summed E-state index contributed by atoms with van der Waals surface area (Å²) in [6.07, 6.45) is 8.29. The molecule has 0 bridgehead atoms. The lowest BCUT2D eigenvalue weighted by atomic mass is 10.1. The molecule has 0 spiro atoms. The highest BCUT2D eigenvalue weighted by Crippen LogP contribution is 2.42. The normalized spacial score (nSPS) is 10.8. The fraction of sp³-hybridized carbons (Fsp3) is 0.600. The molecule has 0 aliphatic rings. The summed E-state index contributed by atoms with van der Waals surface area (Å²) >= 11 is 23.8. The monoisotopic (exact) mass is 470 g/mol. The van der Waals surface area contributed by atoms with Gasteiger partial charge in [-0.05, 0) is 25.3 Å². The molecule has 4 nitrogen and oxygen atoms in total. The lowest BCUT2D eigenvalue weighted by Crippen LogP contribution is -2.10. The molecule has 0 saturated carbocycles. The van der Waals surface area contributed by atoms with Gasteiger partial charge in [0.1, 0.15) is 5.02 Å². The van der Waals surface area contributed by atoms with Crippen LogP contribution in [0.4, 0.5) is 0 Å². The van der Waals surface area contributed by atoms with Crippen molar-refractivity contribution in [3.8, 4) is 5.75 Å². The molecular weight excluding hydrogens is 446 g/mol. The van der Waals surface area contributed by atoms with Crippen LogP contribution >= 0.6 is 46.4 Å². The first-order valence-corrected chi connectivity index (χ1v) is 11.1. The molecule has 0 N–H and O–H groups in total. The van der Waals surface area contributed by atoms with Gasteiger partial charge in [-0.25, -0.2) is 0 Å². The van der Waals surface area contributed by atoms with Crippen LogP contribution in [0.25, 0.3) is 0 Å². The summed E-state index contributed by atoms with van der Waals surface area (Å²) in [5.74, 6) is -0.763. The fourth-order valence-electron chi connectivity index (χ4n) is 2.49. The van der Waals surface area contributed by atoms with Gasteiger partial charge in [0.25, 0.3) is 0 Å². The van der Waals surface area contributed by atoms with E-state index >= 15 is 0 Å². The number of benzene rings is 1. The second-order valence-corrected chi connectivity index (χ2v) is 8.04. The van der Waals surface area contributed by atoms with Crippen molar-refractivity contribution in [3.63, 3.8) is 0 Å². The minimum absolute atomic E-state index is 0.00853. The summed E-state index contributed by atoms with van der Waals surface area (Å²) in [4.78, 5) is 23.6. The van der Waals surface area contributed by atoms with E-state index in [1.54, 1.807) is 0 Å². The van der Waals surface area contributed by atoms with Gasteiger partial charge >= 0.3 is 11.9 Å². The summed E-state index contributed by atoms with van der Waals surface area (Å²) in [6, 6.07) is 1.36. The smallest absolute Gasteiger partial charge is 0.311 e. The molecule has 0 aliphatic carbocycles. The molecular formula is C20H26Cl4O4. The number of hydrogen-bond acceptors (Lipinski definition) is 4. The molecule has 0 atom stereocenters. The molecule has 1 rings (SSSR count). The van der Waals surface area contributed by atoms with E-state index in [0.717, 1.165) is 12.8 Å². The van der Waals surface area contributed by atoms with Crippen molar-refractivity contribution in [1.82, 2.24) is 0 Å². The average molecular weight is 472 g/mol. The largest absolute Gasteiger partial charge is 0.466 e. The molecule has 8 heteroatoms. The molecule has 0 amide bonds. The van der Waals surface area contributed by atoms with E-state index in [1.807, 2.05) is 0 Å². The number of carbonyl (C=O) groups is 2. The lowest BCUT2D eigenvalue weighted by Gasteiger charge is -2.10. The molecule has 0 unspecified atom stereocenters. The highest BCUT2D eigenvalue weighted by molar-refractivity contribution is 6.50. The van der Waals surface area contributed by atoms with Gasteiger partial charge in [-0.1, -0.05) is 85.4 Å². The zero-order valence-electron chi connectivity index (χ0n) is 16.0. The first-order valence-electron chi connectivity index (χ1n) is 9.56. The van der Waals surface area contributed by atoms with E-state index in [-0.39, 0.29) is 44.7 Å². The fourth-order valence-corrected chi connectivity index (χ4v) is 3.47. The molecule has 158 valence electrons. The first-order chi connectivity index (χ1) is 13.4. The van der Waals surface area contributed by atoms with Crippen molar-refractivity contribution in [2.45, 2.75) is 71.1 Å². The highest BCUT2D eigenvalue weighted by Gasteiger charge is 2.18. The van der Waals surface area contributed by atoms with Gasteiger partial charge in [-0.15, -0.1) is 0 Å². The first kappa shape index (κ1) is 25.4. The maximum Gasteiger partial charge on any atom is 0.311 e. The second kappa shape index (κ2) is 14.3. The van der Waals surface area contributed by atoms with Gasteiger partial charge in [0.2, 0.25) is 0 Å². The Labute approximate surface area is 186 Å². The highest BCUT2D eigenvalue weighted by atomic mass is 35.5. The summed E-state index contributed by atoms with van der Waals surface area (Å²) in [6.45, 7) is 2.64. The van der Waals surface area contributed by atoms with Crippen LogP contribution in [-0.4, -0.2) is 18.5 Å². The molecule has 0 fully saturated rings. The third-order valence-electron chi connectivity index (χ3n) is 4.06. The van der Waals surface area contributed by atoms with Crippen LogP contribution < -0.4 is 4.74 Å². The van der Waals surface area contributed by atoms with Crippen molar-refractivity contribution in [2.75, 3.05) is 6.61 Å². The van der Waals surface area contributed by atoms with Crippen LogP contribution in [0, 0.1) is 0 Å². The van der Waals surface area contributed by atoms with Crippen molar-refractivity contribution >= 4 is 58.3 Å². The lowest BCUT2D eigenvalue weighted by molar-refractivity contribution is -0.144. The van der Waals surface area contributed by atoms with E-state index in [9.17, 15) is 9.59 Å². The predicted molar refractivity (Wildman–Crippen MR) is 115 cm³/mol. The third kappa shape index (κ3) is 9.69. The van der Waals surface area contributed by atoms with Gasteiger partial charge in [0, 0.05) is 12.8 Å². The van der Waals surface area contributed by atoms with Crippen LogP contribution in [-0.2, 0) is 14.3 Å². The van der Waals surface area contributed by atoms with Gasteiger partial charge in [0.05, 0.1) is 21.7 Å². The van der Waals surface area contributed by atoms with Crippen molar-refractivity contribution in [2.24, 2.45) is 0 Å². The Kier molecular flexibility index (Phi) is 13.0. The van der Waals surface area contributed by atoms with Crippen molar-refractivity contribution < 1.29 is 19.1 Å². The zero-order chi connectivity index (χ0) is 20.9. The van der Waals surface area contributed by atoms with Gasteiger partial charge in [0.15, 0.2) is 5.75 Å². The number of unbranched alkanes of at least 4 members (excludes halogenated alkanes) is 6. The minimum Gasteiger partial charge on any atom is -0.466 e. The molecule has 0 aliphatic heterocycles. The molecule has 1 aromatic carbocycles. The van der Waals surface area contributed by atoms with Gasteiger partial charge < -0.3 is 9.47 Å². The molecule has 28 heavy (non-hydrogen) atoms. The predicted octanol–water partition coefficient (Wildman–Crippen LogP) is 7.67. The maximum absolute atomic E-state index is 11.9. The number of hydrogen-bond donors (Lipinski definition) is 0. The van der Waals surface area contributed by atoms with Gasteiger partial charge in [-0.3, -0.25) is 9.59 Å². The number of esters is 2. The van der Waals surface area contributed by atoms with Crippen molar-refractivity contribution in [3.05, 3.63) is 26.2 Å². The summed E-state index contributed by atoms with van der Waals surface area (Å²) in [5, 5.41) is 0.344. The van der Waals surface area contributed by atoms with Crippen LogP contribution in [0.3, 0.4) is 0 Å². The van der Waals surface area contributed by atoms with E-state index in [4.69, 9.17) is 55.9 Å². The SMILES string of the molecule is CCCCCCCCOC(=O)CCCCC(=O)Oc1c(Cl)cc(Cl)c(Cl)c1Cl. The number of ether oxygens (including phenoxy) is 2. The number of halogens is 4. The molecule has 0 radical (unpaired) electrons. The Hall–Kier alpha value is -0.680. The van der Waals surface area contributed by atoms with Crippen LogP contribution in [0.15, 0.2) is 6.07 Å². The van der Waals surface area contributed by atoms with Crippen LogP contribution in [0.5, 0.6) is 5.75 Å². The summed E-state index contributed by atoms with van der Waals surface area (Å²) in [5.41, 5.74) is 0. The molecule has 0 aromatic heterocycles. The van der Waals surface area contributed by atoms with E-state index in [0.29, 0.717) is 19.4 Å². The third-order valence-corrected chi connectivity index (χ3v) is 5.59. The Balaban J connectivity index is 2.19. The Morgan fingerprint density at radius 1 is 0.786 bits per heavy atom. The molecule has 0 heterocycles.